The Morgan fingerprint density at radius 1 is 0.567 bits per heavy atom. The first-order valence-electron chi connectivity index (χ1n) is 9.70. The highest BCUT2D eigenvalue weighted by Crippen LogP contribution is 2.20. The number of nitriles is 2. The van der Waals surface area contributed by atoms with Gasteiger partial charge in [0.2, 0.25) is 0 Å². The normalized spacial score (nSPS) is 10.2. The molecule has 2 aromatic carbocycles. The van der Waals surface area contributed by atoms with Crippen LogP contribution in [0.1, 0.15) is 22.3 Å². The number of nitrogens with zero attached hydrogens (tertiary/aromatic N) is 4. The van der Waals surface area contributed by atoms with Crippen molar-refractivity contribution in [3.63, 3.8) is 0 Å². The van der Waals surface area contributed by atoms with Gasteiger partial charge in [-0.25, -0.2) is 0 Å². The number of benzene rings is 2. The highest BCUT2D eigenvalue weighted by atomic mass is 14.9. The zero-order chi connectivity index (χ0) is 20.8. The van der Waals surface area contributed by atoms with Gasteiger partial charge < -0.3 is 0 Å². The van der Waals surface area contributed by atoms with E-state index in [1.807, 2.05) is 58.2 Å². The van der Waals surface area contributed by atoms with Gasteiger partial charge in [0.15, 0.2) is 37.9 Å². The van der Waals surface area contributed by atoms with Gasteiger partial charge in [0.25, 0.3) is 0 Å². The fourth-order valence-electron chi connectivity index (χ4n) is 3.40. The van der Waals surface area contributed by atoms with Crippen LogP contribution in [0.15, 0.2) is 97.6 Å². The zero-order valence-electron chi connectivity index (χ0n) is 16.4. The van der Waals surface area contributed by atoms with E-state index in [4.69, 9.17) is 10.5 Å². The lowest BCUT2D eigenvalue weighted by Gasteiger charge is -2.05. The molecule has 30 heavy (non-hydrogen) atoms. The van der Waals surface area contributed by atoms with E-state index in [0.717, 1.165) is 13.1 Å². The lowest BCUT2D eigenvalue weighted by atomic mass is 10.0. The molecule has 0 bridgehead atoms. The first-order chi connectivity index (χ1) is 14.7. The zero-order valence-corrected chi connectivity index (χ0v) is 16.4. The maximum absolute atomic E-state index is 9.04. The van der Waals surface area contributed by atoms with Gasteiger partial charge in [0.1, 0.15) is 23.3 Å². The summed E-state index contributed by atoms with van der Waals surface area (Å²) in [5, 5.41) is 18.1. The quantitative estimate of drug-likeness (QED) is 0.489. The number of hydrogen-bond acceptors (Lipinski definition) is 2. The van der Waals surface area contributed by atoms with Crippen LogP contribution in [0.3, 0.4) is 0 Å². The Balaban J connectivity index is 1.45. The highest BCUT2D eigenvalue weighted by Gasteiger charge is 2.07. The van der Waals surface area contributed by atoms with Crippen molar-refractivity contribution in [2.45, 2.75) is 13.1 Å². The number of aromatic nitrogens is 2. The van der Waals surface area contributed by atoms with Crippen molar-refractivity contribution in [2.24, 2.45) is 0 Å². The van der Waals surface area contributed by atoms with Crippen LogP contribution in [0.4, 0.5) is 0 Å². The Bertz CT molecular complexity index is 1140. The predicted octanol–water partition coefficient (Wildman–Crippen LogP) is 3.77. The third-order valence-corrected chi connectivity index (χ3v) is 4.95. The van der Waals surface area contributed by atoms with E-state index >= 15 is 0 Å². The van der Waals surface area contributed by atoms with Gasteiger partial charge in [-0.05, 0) is 23.3 Å². The number of pyridine rings is 2. The van der Waals surface area contributed by atoms with Crippen molar-refractivity contribution in [1.29, 1.82) is 10.5 Å². The Labute approximate surface area is 176 Å². The van der Waals surface area contributed by atoms with Crippen LogP contribution >= 0.6 is 0 Å². The molecule has 0 unspecified atom stereocenters. The molecule has 0 saturated heterocycles. The Morgan fingerprint density at radius 2 is 0.967 bits per heavy atom. The summed E-state index contributed by atoms with van der Waals surface area (Å²) >= 11 is 0. The van der Waals surface area contributed by atoms with Crippen LogP contribution in [0, 0.1) is 22.7 Å². The second-order valence-corrected chi connectivity index (χ2v) is 7.15. The molecule has 0 aliphatic heterocycles. The van der Waals surface area contributed by atoms with E-state index in [2.05, 4.69) is 60.7 Å². The predicted molar refractivity (Wildman–Crippen MR) is 113 cm³/mol. The van der Waals surface area contributed by atoms with E-state index in [-0.39, 0.29) is 0 Å². The summed E-state index contributed by atoms with van der Waals surface area (Å²) in [6, 6.07) is 28.8. The monoisotopic (exact) mass is 388 g/mol. The number of hydrogen-bond donors (Lipinski definition) is 0. The minimum absolute atomic E-state index is 0.659. The first-order valence-corrected chi connectivity index (χ1v) is 9.70. The lowest BCUT2D eigenvalue weighted by molar-refractivity contribution is -0.688. The summed E-state index contributed by atoms with van der Waals surface area (Å²) in [5.41, 5.74) is 6.02. The smallest absolute Gasteiger partial charge is 0.186 e. The molecule has 4 nitrogen and oxygen atoms in total. The maximum Gasteiger partial charge on any atom is 0.186 e. The summed E-state index contributed by atoms with van der Waals surface area (Å²) in [6.45, 7) is 1.46. The summed E-state index contributed by atoms with van der Waals surface area (Å²) < 4.78 is 4.03. The Hall–Kier alpha value is -4.28. The van der Waals surface area contributed by atoms with E-state index in [1.165, 1.54) is 22.3 Å². The molecule has 0 aliphatic rings. The van der Waals surface area contributed by atoms with Gasteiger partial charge in [-0.2, -0.15) is 19.7 Å². The molecule has 2 heterocycles. The van der Waals surface area contributed by atoms with Crippen LogP contribution in [0.25, 0.3) is 11.1 Å². The van der Waals surface area contributed by atoms with E-state index in [9.17, 15) is 0 Å². The van der Waals surface area contributed by atoms with E-state index in [1.54, 1.807) is 0 Å². The molecule has 0 spiro atoms. The molecule has 0 N–H and O–H groups in total. The molecule has 142 valence electrons. The second-order valence-electron chi connectivity index (χ2n) is 7.15. The van der Waals surface area contributed by atoms with Crippen LogP contribution in [-0.4, -0.2) is 0 Å². The van der Waals surface area contributed by atoms with Gasteiger partial charge in [-0.15, -0.1) is 0 Å². The van der Waals surface area contributed by atoms with E-state index < -0.39 is 0 Å². The molecular formula is C26H20N4+2. The highest BCUT2D eigenvalue weighted by molar-refractivity contribution is 5.63. The third-order valence-electron chi connectivity index (χ3n) is 4.95. The molecule has 2 aromatic heterocycles. The Morgan fingerprint density at radius 3 is 1.33 bits per heavy atom. The molecule has 4 rings (SSSR count). The molecule has 4 aromatic rings. The SMILES string of the molecule is N#Cc1ccc[n+](Cc2ccc(-c3ccc(C[n+]4cccc(C#N)c4)cc3)cc2)c1. The molecule has 0 saturated carbocycles. The van der Waals surface area contributed by atoms with Crippen molar-refractivity contribution < 1.29 is 9.13 Å². The number of rotatable bonds is 5. The van der Waals surface area contributed by atoms with Crippen molar-refractivity contribution in [3.8, 4) is 23.3 Å². The lowest BCUT2D eigenvalue weighted by Crippen LogP contribution is -2.33. The Kier molecular flexibility index (Phi) is 5.60. The summed E-state index contributed by atoms with van der Waals surface area (Å²) in [4.78, 5) is 0. The fraction of sp³-hybridized carbons (Fsp3) is 0.0769. The van der Waals surface area contributed by atoms with Gasteiger partial charge in [-0.3, -0.25) is 0 Å². The maximum atomic E-state index is 9.04. The fourth-order valence-corrected chi connectivity index (χ4v) is 3.40. The molecule has 0 fully saturated rings. The molecule has 0 atom stereocenters. The molecule has 4 heteroatoms. The minimum atomic E-state index is 0.659. The van der Waals surface area contributed by atoms with Gasteiger partial charge in [0, 0.05) is 23.3 Å². The topological polar surface area (TPSA) is 55.3 Å². The van der Waals surface area contributed by atoms with Crippen LogP contribution in [-0.2, 0) is 13.1 Å². The van der Waals surface area contributed by atoms with Crippen LogP contribution in [0.2, 0.25) is 0 Å². The molecule has 0 aliphatic carbocycles. The van der Waals surface area contributed by atoms with Gasteiger partial charge >= 0.3 is 0 Å². The summed E-state index contributed by atoms with van der Waals surface area (Å²) in [6.07, 6.45) is 7.66. The summed E-state index contributed by atoms with van der Waals surface area (Å²) in [5.74, 6) is 0. The van der Waals surface area contributed by atoms with Gasteiger partial charge in [-0.1, -0.05) is 48.5 Å². The van der Waals surface area contributed by atoms with Crippen molar-refractivity contribution >= 4 is 0 Å². The standard InChI is InChI=1S/C26H20N4/c27-15-23-3-1-13-29(19-23)17-21-5-9-25(10-6-21)26-11-7-22(8-12-26)18-30-14-2-4-24(16-28)20-30/h1-14,19-20H,17-18H2/q+2. The van der Waals surface area contributed by atoms with Crippen molar-refractivity contribution in [1.82, 2.24) is 0 Å². The third kappa shape index (κ3) is 4.58. The summed E-state index contributed by atoms with van der Waals surface area (Å²) in [7, 11) is 0. The largest absolute Gasteiger partial charge is 0.200 e. The minimum Gasteiger partial charge on any atom is -0.200 e. The average Bonchev–Trinajstić information content (AvgIpc) is 2.80. The molecule has 0 amide bonds. The average molecular weight is 388 g/mol. The second kappa shape index (κ2) is 8.82. The van der Waals surface area contributed by atoms with Crippen LogP contribution < -0.4 is 9.13 Å². The van der Waals surface area contributed by atoms with E-state index in [0.29, 0.717) is 11.1 Å². The van der Waals surface area contributed by atoms with Crippen LogP contribution in [0.5, 0.6) is 0 Å². The van der Waals surface area contributed by atoms with Crippen molar-refractivity contribution in [3.05, 3.63) is 120 Å². The molecular weight excluding hydrogens is 368 g/mol. The molecule has 0 radical (unpaired) electrons. The first kappa shape index (κ1) is 19.1. The van der Waals surface area contributed by atoms with Crippen molar-refractivity contribution in [2.75, 3.05) is 0 Å². The van der Waals surface area contributed by atoms with Gasteiger partial charge in [0.05, 0.1) is 0 Å².